The topological polar surface area (TPSA) is 26.0 Å². The lowest BCUT2D eigenvalue weighted by molar-refractivity contribution is 0.657. The van der Waals surface area contributed by atoms with Crippen LogP contribution in [0.4, 0.5) is 0 Å². The molecule has 0 N–H and O–H groups in total. The summed E-state index contributed by atoms with van der Waals surface area (Å²) in [6.07, 6.45) is 1.74. The zero-order valence-corrected chi connectivity index (χ0v) is 10.1. The van der Waals surface area contributed by atoms with Gasteiger partial charge in [-0.3, -0.25) is 0 Å². The largest absolute Gasteiger partial charge is 0.437 e. The van der Waals surface area contributed by atoms with Gasteiger partial charge in [0.15, 0.2) is 0 Å². The van der Waals surface area contributed by atoms with Gasteiger partial charge in [-0.2, -0.15) is 0 Å². The Labute approximate surface area is 108 Å². The van der Waals surface area contributed by atoms with Gasteiger partial charge < -0.3 is 4.42 Å². The van der Waals surface area contributed by atoms with E-state index < -0.39 is 0 Å². The fraction of sp³-hybridized carbons (Fsp3) is 0. The quantitative estimate of drug-likeness (QED) is 0.450. The van der Waals surface area contributed by atoms with E-state index in [0.717, 1.165) is 27.1 Å². The van der Waals surface area contributed by atoms with Gasteiger partial charge in [0, 0.05) is 27.4 Å². The minimum atomic E-state index is 0.667. The molecule has 2 aromatic heterocycles. The minimum Gasteiger partial charge on any atom is -0.437 e. The van der Waals surface area contributed by atoms with Crippen molar-refractivity contribution >= 4 is 44.4 Å². The highest BCUT2D eigenvalue weighted by Crippen LogP contribution is 2.33. The van der Waals surface area contributed by atoms with Crippen molar-refractivity contribution in [3.63, 3.8) is 0 Å². The second-order valence-electron chi connectivity index (χ2n) is 4.27. The van der Waals surface area contributed by atoms with Gasteiger partial charge in [0.05, 0.1) is 0 Å². The third kappa shape index (κ3) is 1.27. The SMILES string of the molecule is Clc1ccc2ccc3c4cccnc4oc3c2c1. The Kier molecular flexibility index (Phi) is 1.91. The molecular formula is C15H8ClNO. The highest BCUT2D eigenvalue weighted by atomic mass is 35.5. The predicted octanol–water partition coefficient (Wildman–Crippen LogP) is 4.79. The molecule has 0 aliphatic heterocycles. The molecule has 0 spiro atoms. The second kappa shape index (κ2) is 3.47. The van der Waals surface area contributed by atoms with Crippen LogP contribution in [0.1, 0.15) is 0 Å². The number of halogens is 1. The van der Waals surface area contributed by atoms with Crippen LogP contribution < -0.4 is 0 Å². The zero-order valence-electron chi connectivity index (χ0n) is 9.35. The fourth-order valence-electron chi connectivity index (χ4n) is 2.36. The number of rotatable bonds is 0. The second-order valence-corrected chi connectivity index (χ2v) is 4.70. The van der Waals surface area contributed by atoms with Crippen LogP contribution in [0.25, 0.3) is 32.8 Å². The molecule has 0 amide bonds. The van der Waals surface area contributed by atoms with Gasteiger partial charge in [0.1, 0.15) is 5.58 Å². The van der Waals surface area contributed by atoms with E-state index in [1.807, 2.05) is 30.3 Å². The van der Waals surface area contributed by atoms with Crippen molar-refractivity contribution in [2.75, 3.05) is 0 Å². The first-order valence-electron chi connectivity index (χ1n) is 5.68. The van der Waals surface area contributed by atoms with Crippen LogP contribution in [0.2, 0.25) is 5.02 Å². The van der Waals surface area contributed by atoms with Crippen molar-refractivity contribution in [2.45, 2.75) is 0 Å². The van der Waals surface area contributed by atoms with E-state index in [2.05, 4.69) is 17.1 Å². The lowest BCUT2D eigenvalue weighted by Crippen LogP contribution is -1.74. The van der Waals surface area contributed by atoms with E-state index in [-0.39, 0.29) is 0 Å². The van der Waals surface area contributed by atoms with Crippen LogP contribution in [-0.4, -0.2) is 4.98 Å². The molecule has 2 aromatic carbocycles. The van der Waals surface area contributed by atoms with Crippen molar-refractivity contribution < 1.29 is 4.42 Å². The van der Waals surface area contributed by atoms with Gasteiger partial charge in [-0.25, -0.2) is 4.98 Å². The van der Waals surface area contributed by atoms with Crippen molar-refractivity contribution in [1.29, 1.82) is 0 Å². The normalized spacial score (nSPS) is 11.6. The maximum Gasteiger partial charge on any atom is 0.227 e. The first kappa shape index (κ1) is 9.92. The first-order chi connectivity index (χ1) is 8.83. The number of pyridine rings is 1. The molecule has 0 saturated carbocycles. The summed E-state index contributed by atoms with van der Waals surface area (Å²) >= 11 is 6.06. The van der Waals surface area contributed by atoms with E-state index in [1.54, 1.807) is 6.20 Å². The highest BCUT2D eigenvalue weighted by molar-refractivity contribution is 6.32. The molecule has 0 fully saturated rings. The smallest absolute Gasteiger partial charge is 0.227 e. The Bertz CT molecular complexity index is 895. The Balaban J connectivity index is 2.31. The highest BCUT2D eigenvalue weighted by Gasteiger charge is 2.10. The van der Waals surface area contributed by atoms with Crippen LogP contribution in [0.15, 0.2) is 53.1 Å². The van der Waals surface area contributed by atoms with E-state index in [0.29, 0.717) is 10.7 Å². The number of furan rings is 1. The molecule has 0 aliphatic carbocycles. The monoisotopic (exact) mass is 253 g/mol. The van der Waals surface area contributed by atoms with Crippen LogP contribution in [0.5, 0.6) is 0 Å². The maximum absolute atomic E-state index is 6.06. The third-order valence-electron chi connectivity index (χ3n) is 3.19. The molecule has 0 saturated heterocycles. The van der Waals surface area contributed by atoms with E-state index in [9.17, 15) is 0 Å². The van der Waals surface area contributed by atoms with E-state index >= 15 is 0 Å². The molecule has 18 heavy (non-hydrogen) atoms. The van der Waals surface area contributed by atoms with E-state index in [4.69, 9.17) is 16.0 Å². The van der Waals surface area contributed by atoms with Crippen LogP contribution in [0, 0.1) is 0 Å². The number of nitrogens with zero attached hydrogens (tertiary/aromatic N) is 1. The molecule has 4 rings (SSSR count). The summed E-state index contributed by atoms with van der Waals surface area (Å²) in [5.41, 5.74) is 1.52. The van der Waals surface area contributed by atoms with Crippen molar-refractivity contribution in [3.05, 3.63) is 53.7 Å². The van der Waals surface area contributed by atoms with Crippen molar-refractivity contribution in [3.8, 4) is 0 Å². The summed E-state index contributed by atoms with van der Waals surface area (Å²) in [4.78, 5) is 4.25. The summed E-state index contributed by atoms with van der Waals surface area (Å²) in [7, 11) is 0. The van der Waals surface area contributed by atoms with Crippen LogP contribution >= 0.6 is 11.6 Å². The predicted molar refractivity (Wildman–Crippen MR) is 74.0 cm³/mol. The Morgan fingerprint density at radius 1 is 0.944 bits per heavy atom. The van der Waals surface area contributed by atoms with Gasteiger partial charge in [-0.05, 0) is 35.7 Å². The average molecular weight is 254 g/mol. The number of aromatic nitrogens is 1. The standard InChI is InChI=1S/C15H8ClNO/c16-10-5-3-9-4-6-11-12-2-1-7-17-15(12)18-14(11)13(9)8-10/h1-8H. The molecule has 3 heteroatoms. The first-order valence-corrected chi connectivity index (χ1v) is 6.06. The Morgan fingerprint density at radius 2 is 1.83 bits per heavy atom. The minimum absolute atomic E-state index is 0.667. The number of benzene rings is 2. The number of hydrogen-bond donors (Lipinski definition) is 0. The summed E-state index contributed by atoms with van der Waals surface area (Å²) in [6.45, 7) is 0. The number of hydrogen-bond acceptors (Lipinski definition) is 2. The van der Waals surface area contributed by atoms with Crippen LogP contribution in [0.3, 0.4) is 0 Å². The van der Waals surface area contributed by atoms with Gasteiger partial charge in [-0.1, -0.05) is 23.7 Å². The van der Waals surface area contributed by atoms with Gasteiger partial charge in [0.25, 0.3) is 0 Å². The zero-order chi connectivity index (χ0) is 12.1. The number of fused-ring (bicyclic) bond motifs is 5. The van der Waals surface area contributed by atoms with Crippen LogP contribution in [-0.2, 0) is 0 Å². The summed E-state index contributed by atoms with van der Waals surface area (Å²) in [6, 6.07) is 13.9. The lowest BCUT2D eigenvalue weighted by atomic mass is 10.1. The maximum atomic E-state index is 6.06. The molecule has 0 aliphatic rings. The van der Waals surface area contributed by atoms with Gasteiger partial charge in [-0.15, -0.1) is 0 Å². The third-order valence-corrected chi connectivity index (χ3v) is 3.43. The van der Waals surface area contributed by atoms with Gasteiger partial charge >= 0.3 is 0 Å². The van der Waals surface area contributed by atoms with Crippen molar-refractivity contribution in [1.82, 2.24) is 4.98 Å². The molecule has 0 unspecified atom stereocenters. The summed E-state index contributed by atoms with van der Waals surface area (Å²) < 4.78 is 5.85. The molecule has 0 radical (unpaired) electrons. The Hall–Kier alpha value is -2.06. The average Bonchev–Trinajstić information content (AvgIpc) is 2.78. The fourth-order valence-corrected chi connectivity index (χ4v) is 2.53. The molecule has 4 aromatic rings. The van der Waals surface area contributed by atoms with E-state index in [1.165, 1.54) is 0 Å². The molecule has 86 valence electrons. The van der Waals surface area contributed by atoms with Crippen molar-refractivity contribution in [2.24, 2.45) is 0 Å². The molecular weight excluding hydrogens is 246 g/mol. The summed E-state index contributed by atoms with van der Waals surface area (Å²) in [5, 5.41) is 4.97. The Morgan fingerprint density at radius 3 is 2.78 bits per heavy atom. The summed E-state index contributed by atoms with van der Waals surface area (Å²) in [5.74, 6) is 0. The molecule has 0 atom stereocenters. The van der Waals surface area contributed by atoms with Gasteiger partial charge in [0.2, 0.25) is 5.71 Å². The lowest BCUT2D eigenvalue weighted by Gasteiger charge is -1.98. The molecule has 0 bridgehead atoms. The molecule has 2 nitrogen and oxygen atoms in total. The molecule has 2 heterocycles.